The number of nitrogens with zero attached hydrogens (tertiary/aromatic N) is 1. The van der Waals surface area contributed by atoms with Crippen LogP contribution in [0.3, 0.4) is 0 Å². The molecular formula is C15H16N2O2. The summed E-state index contributed by atoms with van der Waals surface area (Å²) >= 11 is 0. The quantitative estimate of drug-likeness (QED) is 0.893. The Hall–Kier alpha value is -2.25. The summed E-state index contributed by atoms with van der Waals surface area (Å²) in [5, 5.41) is 12.0. The van der Waals surface area contributed by atoms with E-state index in [0.29, 0.717) is 12.3 Å². The Morgan fingerprint density at radius 2 is 2.00 bits per heavy atom. The lowest BCUT2D eigenvalue weighted by Crippen LogP contribution is -2.17. The molecule has 1 heterocycles. The van der Waals surface area contributed by atoms with Crippen LogP contribution in [0.2, 0.25) is 0 Å². The molecule has 4 nitrogen and oxygen atoms in total. The van der Waals surface area contributed by atoms with E-state index in [1.54, 1.807) is 13.2 Å². The van der Waals surface area contributed by atoms with Gasteiger partial charge in [0.1, 0.15) is 17.6 Å². The summed E-state index contributed by atoms with van der Waals surface area (Å²) in [7, 11) is 1.65. The highest BCUT2D eigenvalue weighted by Crippen LogP contribution is 2.18. The third-order valence-electron chi connectivity index (χ3n) is 2.97. The fourth-order valence-electron chi connectivity index (χ4n) is 1.80. The maximum absolute atomic E-state index is 8.68. The number of benzene rings is 1. The van der Waals surface area contributed by atoms with Crippen molar-refractivity contribution in [1.29, 1.82) is 5.26 Å². The van der Waals surface area contributed by atoms with Crippen LogP contribution in [0.4, 0.5) is 0 Å². The molecule has 0 saturated carbocycles. The number of methoxy groups -OCH3 is 1. The SMILES string of the molecule is COc1ccc([C@@H](C)NCc2ccc(C#N)o2)cc1. The minimum absolute atomic E-state index is 0.196. The molecule has 0 fully saturated rings. The van der Waals surface area contributed by atoms with Crippen molar-refractivity contribution < 1.29 is 9.15 Å². The van der Waals surface area contributed by atoms with E-state index in [4.69, 9.17) is 14.4 Å². The molecule has 0 amide bonds. The van der Waals surface area contributed by atoms with Gasteiger partial charge in [0.05, 0.1) is 13.7 Å². The number of nitriles is 1. The molecule has 1 N–H and O–H groups in total. The summed E-state index contributed by atoms with van der Waals surface area (Å²) in [6.45, 7) is 2.67. The van der Waals surface area contributed by atoms with Crippen LogP contribution in [0, 0.1) is 11.3 Å². The van der Waals surface area contributed by atoms with Gasteiger partial charge in [0, 0.05) is 6.04 Å². The first-order valence-electron chi connectivity index (χ1n) is 6.09. The summed E-state index contributed by atoms with van der Waals surface area (Å²) in [4.78, 5) is 0. The molecule has 19 heavy (non-hydrogen) atoms. The lowest BCUT2D eigenvalue weighted by molar-refractivity contribution is 0.414. The van der Waals surface area contributed by atoms with E-state index in [9.17, 15) is 0 Å². The predicted octanol–water partition coefficient (Wildman–Crippen LogP) is 3.01. The van der Waals surface area contributed by atoms with Crippen LogP contribution in [0.25, 0.3) is 0 Å². The Labute approximate surface area is 112 Å². The number of furan rings is 1. The van der Waals surface area contributed by atoms with Gasteiger partial charge in [0.25, 0.3) is 0 Å². The van der Waals surface area contributed by atoms with Crippen LogP contribution < -0.4 is 10.1 Å². The maximum atomic E-state index is 8.68. The topological polar surface area (TPSA) is 58.2 Å². The summed E-state index contributed by atoms with van der Waals surface area (Å²) in [5.41, 5.74) is 1.17. The third-order valence-corrected chi connectivity index (χ3v) is 2.97. The second-order valence-electron chi connectivity index (χ2n) is 4.25. The lowest BCUT2D eigenvalue weighted by atomic mass is 10.1. The highest BCUT2D eigenvalue weighted by molar-refractivity contribution is 5.28. The molecule has 1 aromatic carbocycles. The number of rotatable bonds is 5. The number of hydrogen-bond acceptors (Lipinski definition) is 4. The molecule has 0 bridgehead atoms. The molecule has 1 atom stereocenters. The number of hydrogen-bond donors (Lipinski definition) is 1. The van der Waals surface area contributed by atoms with Gasteiger partial charge in [0.2, 0.25) is 5.76 Å². The number of nitrogens with one attached hydrogen (secondary N) is 1. The molecule has 2 rings (SSSR count). The Morgan fingerprint density at radius 1 is 1.26 bits per heavy atom. The molecule has 0 aliphatic rings. The molecule has 0 unspecified atom stereocenters. The van der Waals surface area contributed by atoms with Crippen molar-refractivity contribution >= 4 is 0 Å². The first kappa shape index (κ1) is 13.2. The maximum Gasteiger partial charge on any atom is 0.203 e. The van der Waals surface area contributed by atoms with Gasteiger partial charge >= 0.3 is 0 Å². The fourth-order valence-corrected chi connectivity index (χ4v) is 1.80. The van der Waals surface area contributed by atoms with Crippen molar-refractivity contribution in [2.24, 2.45) is 0 Å². The van der Waals surface area contributed by atoms with E-state index >= 15 is 0 Å². The van der Waals surface area contributed by atoms with Crippen LogP contribution >= 0.6 is 0 Å². The standard InChI is InChI=1S/C15H16N2O2/c1-11(12-3-5-13(18-2)6-4-12)17-10-15-8-7-14(9-16)19-15/h3-8,11,17H,10H2,1-2H3/t11-/m1/s1. The van der Waals surface area contributed by atoms with Crippen molar-refractivity contribution in [2.75, 3.05) is 7.11 Å². The van der Waals surface area contributed by atoms with Crippen molar-refractivity contribution in [3.8, 4) is 11.8 Å². The van der Waals surface area contributed by atoms with E-state index in [-0.39, 0.29) is 6.04 Å². The van der Waals surface area contributed by atoms with Crippen LogP contribution in [0.1, 0.15) is 30.0 Å². The van der Waals surface area contributed by atoms with Crippen molar-refractivity contribution in [2.45, 2.75) is 19.5 Å². The Morgan fingerprint density at radius 3 is 2.58 bits per heavy atom. The molecule has 0 aliphatic carbocycles. The van der Waals surface area contributed by atoms with Crippen LogP contribution in [-0.2, 0) is 6.54 Å². The van der Waals surface area contributed by atoms with E-state index < -0.39 is 0 Å². The average molecular weight is 256 g/mol. The molecule has 98 valence electrons. The highest BCUT2D eigenvalue weighted by Gasteiger charge is 2.07. The zero-order valence-corrected chi connectivity index (χ0v) is 11.0. The van der Waals surface area contributed by atoms with E-state index in [0.717, 1.165) is 11.5 Å². The van der Waals surface area contributed by atoms with Gasteiger partial charge in [-0.05, 0) is 36.8 Å². The molecule has 0 saturated heterocycles. The first-order valence-corrected chi connectivity index (χ1v) is 6.09. The second-order valence-corrected chi connectivity index (χ2v) is 4.25. The molecular weight excluding hydrogens is 240 g/mol. The van der Waals surface area contributed by atoms with Gasteiger partial charge in [-0.3, -0.25) is 0 Å². The van der Waals surface area contributed by atoms with Gasteiger partial charge in [-0.25, -0.2) is 0 Å². The summed E-state index contributed by atoms with van der Waals surface area (Å²) in [5.74, 6) is 1.95. The van der Waals surface area contributed by atoms with E-state index in [2.05, 4.69) is 12.2 Å². The van der Waals surface area contributed by atoms with Gasteiger partial charge in [0.15, 0.2) is 0 Å². The van der Waals surface area contributed by atoms with Gasteiger partial charge < -0.3 is 14.5 Å². The zero-order valence-electron chi connectivity index (χ0n) is 11.0. The number of ether oxygens (including phenoxy) is 1. The van der Waals surface area contributed by atoms with Gasteiger partial charge in [-0.2, -0.15) is 5.26 Å². The predicted molar refractivity (Wildman–Crippen MR) is 71.7 cm³/mol. The third kappa shape index (κ3) is 3.36. The summed E-state index contributed by atoms with van der Waals surface area (Å²) in [6.07, 6.45) is 0. The van der Waals surface area contributed by atoms with Crippen molar-refractivity contribution in [1.82, 2.24) is 5.32 Å². The van der Waals surface area contributed by atoms with Crippen molar-refractivity contribution in [3.63, 3.8) is 0 Å². The molecule has 0 spiro atoms. The van der Waals surface area contributed by atoms with Crippen molar-refractivity contribution in [3.05, 3.63) is 53.5 Å². The van der Waals surface area contributed by atoms with Gasteiger partial charge in [-0.1, -0.05) is 12.1 Å². The Bertz CT molecular complexity index is 567. The first-order chi connectivity index (χ1) is 9.22. The van der Waals surface area contributed by atoms with Crippen LogP contribution in [-0.4, -0.2) is 7.11 Å². The van der Waals surface area contributed by atoms with E-state index in [1.165, 1.54) is 5.56 Å². The Balaban J connectivity index is 1.93. The minimum Gasteiger partial charge on any atom is -0.497 e. The average Bonchev–Trinajstić information content (AvgIpc) is 2.93. The smallest absolute Gasteiger partial charge is 0.203 e. The van der Waals surface area contributed by atoms with Crippen LogP contribution in [0.5, 0.6) is 5.75 Å². The largest absolute Gasteiger partial charge is 0.497 e. The Kier molecular flexibility index (Phi) is 4.22. The zero-order chi connectivity index (χ0) is 13.7. The molecule has 2 aromatic rings. The molecule has 1 aromatic heterocycles. The summed E-state index contributed by atoms with van der Waals surface area (Å²) < 4.78 is 10.4. The monoisotopic (exact) mass is 256 g/mol. The molecule has 0 aliphatic heterocycles. The normalized spacial score (nSPS) is 11.8. The van der Waals surface area contributed by atoms with Gasteiger partial charge in [-0.15, -0.1) is 0 Å². The lowest BCUT2D eigenvalue weighted by Gasteiger charge is -2.13. The summed E-state index contributed by atoms with van der Waals surface area (Å²) in [6, 6.07) is 13.6. The van der Waals surface area contributed by atoms with E-state index in [1.807, 2.05) is 36.4 Å². The van der Waals surface area contributed by atoms with Crippen LogP contribution in [0.15, 0.2) is 40.8 Å². The highest BCUT2D eigenvalue weighted by atomic mass is 16.5. The fraction of sp³-hybridized carbons (Fsp3) is 0.267. The molecule has 0 radical (unpaired) electrons. The molecule has 4 heteroatoms. The second kappa shape index (κ2) is 6.07. The minimum atomic E-state index is 0.196.